The Balaban J connectivity index is 2.36. The molecule has 0 saturated heterocycles. The summed E-state index contributed by atoms with van der Waals surface area (Å²) in [5, 5.41) is 7.23. The largest absolute Gasteiger partial charge is 0.462 e. The zero-order valence-electron chi connectivity index (χ0n) is 12.0. The fourth-order valence-electron chi connectivity index (χ4n) is 1.89. The van der Waals surface area contributed by atoms with Gasteiger partial charge in [0.25, 0.3) is 0 Å². The van der Waals surface area contributed by atoms with Gasteiger partial charge in [0.15, 0.2) is 0 Å². The Morgan fingerprint density at radius 3 is 2.71 bits per heavy atom. The second kappa shape index (κ2) is 7.38. The van der Waals surface area contributed by atoms with Gasteiger partial charge in [-0.05, 0) is 24.8 Å². The second-order valence-electron chi connectivity index (χ2n) is 4.35. The number of hydrogen-bond donors (Lipinski definition) is 1. The Bertz CT molecular complexity index is 617. The van der Waals surface area contributed by atoms with E-state index in [1.807, 2.05) is 29.8 Å². The van der Waals surface area contributed by atoms with E-state index in [0.29, 0.717) is 23.6 Å². The van der Waals surface area contributed by atoms with Crippen LogP contribution >= 0.6 is 22.7 Å². The van der Waals surface area contributed by atoms with Crippen LogP contribution in [0.1, 0.15) is 37.0 Å². The van der Waals surface area contributed by atoms with Gasteiger partial charge in [0.2, 0.25) is 5.91 Å². The molecule has 0 bridgehead atoms. The Kier molecular flexibility index (Phi) is 5.52. The number of carbonyl (C=O) groups is 2. The highest BCUT2D eigenvalue weighted by atomic mass is 32.1. The molecule has 0 atom stereocenters. The number of esters is 1. The van der Waals surface area contributed by atoms with Crippen molar-refractivity contribution in [3.8, 4) is 10.4 Å². The molecular formula is C15H17NO3S2. The van der Waals surface area contributed by atoms with Crippen LogP contribution in [0.15, 0.2) is 22.9 Å². The summed E-state index contributed by atoms with van der Waals surface area (Å²) >= 11 is 2.91. The van der Waals surface area contributed by atoms with E-state index in [4.69, 9.17) is 4.74 Å². The molecule has 0 unspecified atom stereocenters. The fourth-order valence-corrected chi connectivity index (χ4v) is 3.67. The Hall–Kier alpha value is -1.66. The molecule has 4 nitrogen and oxygen atoms in total. The normalized spacial score (nSPS) is 10.4. The lowest BCUT2D eigenvalue weighted by Crippen LogP contribution is -2.14. The molecule has 0 saturated carbocycles. The van der Waals surface area contributed by atoms with Crippen molar-refractivity contribution in [3.05, 3.63) is 28.5 Å². The van der Waals surface area contributed by atoms with Gasteiger partial charge in [-0.3, -0.25) is 4.79 Å². The Morgan fingerprint density at radius 1 is 1.29 bits per heavy atom. The zero-order chi connectivity index (χ0) is 15.2. The third-order valence-electron chi connectivity index (χ3n) is 2.79. The van der Waals surface area contributed by atoms with Crippen LogP contribution < -0.4 is 5.32 Å². The quantitative estimate of drug-likeness (QED) is 0.802. The van der Waals surface area contributed by atoms with Crippen LogP contribution in [-0.2, 0) is 9.53 Å². The van der Waals surface area contributed by atoms with Gasteiger partial charge >= 0.3 is 5.97 Å². The molecule has 6 heteroatoms. The zero-order valence-corrected chi connectivity index (χ0v) is 13.6. The summed E-state index contributed by atoms with van der Waals surface area (Å²) < 4.78 is 5.13. The maximum atomic E-state index is 12.2. The molecule has 1 amide bonds. The third-order valence-corrected chi connectivity index (χ3v) is 4.59. The van der Waals surface area contributed by atoms with Crippen LogP contribution in [-0.4, -0.2) is 18.5 Å². The topological polar surface area (TPSA) is 55.4 Å². The molecule has 1 N–H and O–H groups in total. The van der Waals surface area contributed by atoms with Crippen molar-refractivity contribution >= 4 is 39.6 Å². The van der Waals surface area contributed by atoms with Gasteiger partial charge in [0.05, 0.1) is 6.61 Å². The smallest absolute Gasteiger partial charge is 0.341 e. The van der Waals surface area contributed by atoms with E-state index in [1.54, 1.807) is 18.3 Å². The van der Waals surface area contributed by atoms with E-state index in [9.17, 15) is 9.59 Å². The van der Waals surface area contributed by atoms with E-state index >= 15 is 0 Å². The Morgan fingerprint density at radius 2 is 2.10 bits per heavy atom. The highest BCUT2D eigenvalue weighted by Crippen LogP contribution is 2.38. The fraction of sp³-hybridized carbons (Fsp3) is 0.333. The predicted octanol–water partition coefficient (Wildman–Crippen LogP) is 4.39. The molecule has 112 valence electrons. The lowest BCUT2D eigenvalue weighted by molar-refractivity contribution is -0.116. The number of anilines is 1. The van der Waals surface area contributed by atoms with Gasteiger partial charge < -0.3 is 10.1 Å². The van der Waals surface area contributed by atoms with Crippen molar-refractivity contribution in [1.29, 1.82) is 0 Å². The number of thiophene rings is 2. The SMILES string of the molecule is CCCC(=O)Nc1scc(-c2cccs2)c1C(=O)OCC. The van der Waals surface area contributed by atoms with Crippen LogP contribution in [0.25, 0.3) is 10.4 Å². The first-order valence-corrected chi connectivity index (χ1v) is 8.55. The summed E-state index contributed by atoms with van der Waals surface area (Å²) in [5.74, 6) is -0.475. The second-order valence-corrected chi connectivity index (χ2v) is 6.18. The minimum atomic E-state index is -0.394. The number of nitrogens with one attached hydrogen (secondary N) is 1. The summed E-state index contributed by atoms with van der Waals surface area (Å²) in [6.07, 6.45) is 1.21. The van der Waals surface area contributed by atoms with E-state index < -0.39 is 5.97 Å². The molecule has 0 aliphatic heterocycles. The molecule has 0 radical (unpaired) electrons. The maximum Gasteiger partial charge on any atom is 0.341 e. The highest BCUT2D eigenvalue weighted by molar-refractivity contribution is 7.17. The van der Waals surface area contributed by atoms with Crippen LogP contribution in [0, 0.1) is 0 Å². The first-order valence-electron chi connectivity index (χ1n) is 6.79. The lowest BCUT2D eigenvalue weighted by Gasteiger charge is -2.07. The first-order chi connectivity index (χ1) is 10.2. The van der Waals surface area contributed by atoms with Crippen LogP contribution in [0.5, 0.6) is 0 Å². The molecule has 21 heavy (non-hydrogen) atoms. The summed E-state index contributed by atoms with van der Waals surface area (Å²) in [5.41, 5.74) is 1.27. The molecular weight excluding hydrogens is 306 g/mol. The number of hydrogen-bond acceptors (Lipinski definition) is 5. The van der Waals surface area contributed by atoms with Crippen molar-refractivity contribution in [1.82, 2.24) is 0 Å². The average Bonchev–Trinajstić information content (AvgIpc) is 3.07. The maximum absolute atomic E-state index is 12.2. The van der Waals surface area contributed by atoms with Crippen LogP contribution in [0.3, 0.4) is 0 Å². The predicted molar refractivity (Wildman–Crippen MR) is 87.1 cm³/mol. The van der Waals surface area contributed by atoms with E-state index in [1.165, 1.54) is 11.3 Å². The van der Waals surface area contributed by atoms with Gasteiger partial charge in [0.1, 0.15) is 10.6 Å². The molecule has 2 aromatic rings. The van der Waals surface area contributed by atoms with Gasteiger partial charge in [0, 0.05) is 22.2 Å². The monoisotopic (exact) mass is 323 g/mol. The van der Waals surface area contributed by atoms with Gasteiger partial charge in [-0.25, -0.2) is 4.79 Å². The van der Waals surface area contributed by atoms with E-state index in [2.05, 4.69) is 5.32 Å². The summed E-state index contributed by atoms with van der Waals surface area (Å²) in [7, 11) is 0. The van der Waals surface area contributed by atoms with Gasteiger partial charge in [-0.15, -0.1) is 22.7 Å². The first kappa shape index (κ1) is 15.7. The molecule has 0 fully saturated rings. The van der Waals surface area contributed by atoms with Crippen molar-refractivity contribution in [2.45, 2.75) is 26.7 Å². The van der Waals surface area contributed by atoms with Crippen molar-refractivity contribution in [2.24, 2.45) is 0 Å². The van der Waals surface area contributed by atoms with Crippen molar-refractivity contribution < 1.29 is 14.3 Å². The number of amides is 1. The molecule has 0 aromatic carbocycles. The summed E-state index contributed by atoms with van der Waals surface area (Å²) in [6, 6.07) is 3.88. The number of rotatable bonds is 6. The molecule has 0 aliphatic carbocycles. The standard InChI is InChI=1S/C15H17NO3S2/c1-3-6-12(17)16-14-13(15(18)19-4-2)10(9-21-14)11-7-5-8-20-11/h5,7-9H,3-4,6H2,1-2H3,(H,16,17). The van der Waals surface area contributed by atoms with Crippen molar-refractivity contribution in [3.63, 3.8) is 0 Å². The minimum absolute atomic E-state index is 0.0809. The summed E-state index contributed by atoms with van der Waals surface area (Å²) in [6.45, 7) is 4.02. The van der Waals surface area contributed by atoms with Gasteiger partial charge in [-0.1, -0.05) is 13.0 Å². The Labute approximate surface area is 131 Å². The minimum Gasteiger partial charge on any atom is -0.462 e. The molecule has 0 spiro atoms. The summed E-state index contributed by atoms with van der Waals surface area (Å²) in [4.78, 5) is 25.0. The molecule has 0 aliphatic rings. The van der Waals surface area contributed by atoms with Crippen LogP contribution in [0.2, 0.25) is 0 Å². The number of ether oxygens (including phenoxy) is 1. The van der Waals surface area contributed by atoms with Crippen molar-refractivity contribution in [2.75, 3.05) is 11.9 Å². The average molecular weight is 323 g/mol. The number of carbonyl (C=O) groups excluding carboxylic acids is 2. The third kappa shape index (κ3) is 3.71. The lowest BCUT2D eigenvalue weighted by atomic mass is 10.1. The highest BCUT2D eigenvalue weighted by Gasteiger charge is 2.22. The molecule has 2 rings (SSSR count). The molecule has 2 aromatic heterocycles. The van der Waals surface area contributed by atoms with E-state index in [-0.39, 0.29) is 5.91 Å². The van der Waals surface area contributed by atoms with E-state index in [0.717, 1.165) is 16.9 Å². The van der Waals surface area contributed by atoms with Gasteiger partial charge in [-0.2, -0.15) is 0 Å². The van der Waals surface area contributed by atoms with Crippen LogP contribution in [0.4, 0.5) is 5.00 Å². The molecule has 2 heterocycles.